The van der Waals surface area contributed by atoms with E-state index in [2.05, 4.69) is 0 Å². The van der Waals surface area contributed by atoms with E-state index in [4.69, 9.17) is 9.59 Å². The van der Waals surface area contributed by atoms with Gasteiger partial charge < -0.3 is 0 Å². The highest BCUT2D eigenvalue weighted by Crippen LogP contribution is 0.787. The Bertz CT molecular complexity index is 26.5. The zero-order valence-corrected chi connectivity index (χ0v) is 1.32. The summed E-state index contributed by atoms with van der Waals surface area (Å²) in [5, 5.41) is 0. The summed E-state index contributed by atoms with van der Waals surface area (Å²) in [5.74, 6) is 0. The van der Waals surface area contributed by atoms with Gasteiger partial charge in [-0.2, -0.15) is 9.59 Å². The smallest absolute Gasteiger partial charge is 0.186 e. The molecule has 0 bridgehead atoms. The Morgan fingerprint density at radius 3 is 0.833 bits per heavy atom. The number of hydrogen-bond acceptors (Lipinski definition) is 2. The van der Waals surface area contributed by atoms with Crippen molar-refractivity contribution in [1.82, 2.24) is 0 Å². The molecule has 0 amide bonds. The minimum atomic E-state index is 0. The first-order chi connectivity index (χ1) is 1.41. The molecular formula is C4H12O2. The molecule has 6 heavy (non-hydrogen) atoms. The molecule has 0 aromatic rings. The molecule has 2 nitrogen and oxygen atoms in total. The van der Waals surface area contributed by atoms with Gasteiger partial charge in [0.1, 0.15) is 0 Å². The summed E-state index contributed by atoms with van der Waals surface area (Å²) < 4.78 is 0. The van der Waals surface area contributed by atoms with Gasteiger partial charge in [-0.25, -0.2) is 0 Å². The molecule has 0 unspecified atom stereocenters. The van der Waals surface area contributed by atoms with Crippen molar-refractivity contribution in [2.75, 3.05) is 0 Å². The van der Waals surface area contributed by atoms with Gasteiger partial charge in [-0.05, 0) is 0 Å². The standard InChI is InChI=1S/CO2.3CH4/c2-1-3;;;/h;3*1H4. The van der Waals surface area contributed by atoms with Crippen molar-refractivity contribution in [3.05, 3.63) is 0 Å². The van der Waals surface area contributed by atoms with E-state index < -0.39 is 0 Å². The van der Waals surface area contributed by atoms with Crippen LogP contribution in [0.3, 0.4) is 0 Å². The summed E-state index contributed by atoms with van der Waals surface area (Å²) in [6.07, 6.45) is 0.250. The minimum Gasteiger partial charge on any atom is -0.186 e. The summed E-state index contributed by atoms with van der Waals surface area (Å²) in [4.78, 5) is 16.2. The second-order valence-corrected chi connectivity index (χ2v) is 0.0833. The van der Waals surface area contributed by atoms with Crippen molar-refractivity contribution in [3.63, 3.8) is 0 Å². The van der Waals surface area contributed by atoms with E-state index in [-0.39, 0.29) is 28.4 Å². The maximum Gasteiger partial charge on any atom is 0.373 e. The molecule has 0 aliphatic heterocycles. The lowest BCUT2D eigenvalue weighted by Gasteiger charge is -0.945. The molecule has 0 saturated heterocycles. The highest BCUT2D eigenvalue weighted by molar-refractivity contribution is 5.20. The third-order valence-corrected chi connectivity index (χ3v) is 0. The Labute approximate surface area is 39.2 Å². The Morgan fingerprint density at radius 2 is 0.833 bits per heavy atom. The summed E-state index contributed by atoms with van der Waals surface area (Å²) in [6, 6.07) is 0. The predicted molar refractivity (Wildman–Crippen MR) is 25.2 cm³/mol. The minimum absolute atomic E-state index is 0. The molecule has 0 aromatic carbocycles. The van der Waals surface area contributed by atoms with Crippen molar-refractivity contribution in [1.29, 1.82) is 0 Å². The zero-order valence-electron chi connectivity index (χ0n) is 1.32. The molecule has 2 heteroatoms. The average molecular weight is 92.1 g/mol. The van der Waals surface area contributed by atoms with Gasteiger partial charge in [0.05, 0.1) is 0 Å². The number of carbonyl (C=O) groups excluding carboxylic acids is 2. The van der Waals surface area contributed by atoms with Crippen LogP contribution in [0.4, 0.5) is 0 Å². The van der Waals surface area contributed by atoms with E-state index in [1.165, 1.54) is 0 Å². The summed E-state index contributed by atoms with van der Waals surface area (Å²) in [7, 11) is 0. The van der Waals surface area contributed by atoms with E-state index in [1.807, 2.05) is 0 Å². The summed E-state index contributed by atoms with van der Waals surface area (Å²) in [6.45, 7) is 0. The molecular weight excluding hydrogens is 80.0 g/mol. The SMILES string of the molecule is C.C.C.O=C=O. The number of hydrogen-bond donors (Lipinski definition) is 0. The monoisotopic (exact) mass is 92.1 g/mol. The molecule has 0 radical (unpaired) electrons. The van der Waals surface area contributed by atoms with Crippen LogP contribution in [0, 0.1) is 0 Å². The van der Waals surface area contributed by atoms with Crippen molar-refractivity contribution < 1.29 is 9.59 Å². The van der Waals surface area contributed by atoms with Crippen LogP contribution >= 0.6 is 0 Å². The van der Waals surface area contributed by atoms with Gasteiger partial charge >= 0.3 is 6.15 Å². The van der Waals surface area contributed by atoms with Gasteiger partial charge in [0.25, 0.3) is 0 Å². The second kappa shape index (κ2) is 347. The van der Waals surface area contributed by atoms with Crippen LogP contribution in [0.25, 0.3) is 0 Å². The Kier molecular flexibility index (Phi) is 3130. The molecule has 0 N–H and O–H groups in total. The van der Waals surface area contributed by atoms with Crippen molar-refractivity contribution >= 4 is 6.15 Å². The van der Waals surface area contributed by atoms with Crippen LogP contribution < -0.4 is 0 Å². The maximum atomic E-state index is 8.12. The fourth-order valence-electron chi connectivity index (χ4n) is 0. The largest absolute Gasteiger partial charge is 0.373 e. The fourth-order valence-corrected chi connectivity index (χ4v) is 0. The lowest BCUT2D eigenvalue weighted by atomic mass is 11.8. The first-order valence-corrected chi connectivity index (χ1v) is 0.408. The van der Waals surface area contributed by atoms with Gasteiger partial charge in [-0.1, -0.05) is 22.3 Å². The Balaban J connectivity index is -0.00000000667. The Hall–Kier alpha value is -0.620. The van der Waals surface area contributed by atoms with Crippen LogP contribution in [-0.2, 0) is 9.59 Å². The van der Waals surface area contributed by atoms with E-state index in [9.17, 15) is 0 Å². The summed E-state index contributed by atoms with van der Waals surface area (Å²) in [5.41, 5.74) is 0. The molecule has 0 aromatic heterocycles. The van der Waals surface area contributed by atoms with Crippen molar-refractivity contribution in [2.24, 2.45) is 0 Å². The fraction of sp³-hybridized carbons (Fsp3) is 0.750. The highest BCUT2D eigenvalue weighted by Gasteiger charge is 1.13. The van der Waals surface area contributed by atoms with Crippen molar-refractivity contribution in [2.45, 2.75) is 22.3 Å². The first kappa shape index (κ1) is 54.2. The quantitative estimate of drug-likeness (QED) is 0.451. The van der Waals surface area contributed by atoms with Crippen LogP contribution in [0.5, 0.6) is 0 Å². The third-order valence-electron chi connectivity index (χ3n) is 0. The molecule has 0 aliphatic rings. The van der Waals surface area contributed by atoms with E-state index in [1.54, 1.807) is 0 Å². The topological polar surface area (TPSA) is 34.1 Å². The highest BCUT2D eigenvalue weighted by atomic mass is 16.2. The van der Waals surface area contributed by atoms with Crippen molar-refractivity contribution in [3.8, 4) is 0 Å². The maximum absolute atomic E-state index is 8.12. The van der Waals surface area contributed by atoms with Crippen LogP contribution in [0.15, 0.2) is 0 Å². The van der Waals surface area contributed by atoms with Gasteiger partial charge in [0.2, 0.25) is 0 Å². The van der Waals surface area contributed by atoms with Gasteiger partial charge in [-0.15, -0.1) is 0 Å². The molecule has 0 saturated carbocycles. The van der Waals surface area contributed by atoms with Crippen LogP contribution in [0.1, 0.15) is 22.3 Å². The predicted octanol–water partition coefficient (Wildman–Crippen LogP) is 1.32. The van der Waals surface area contributed by atoms with Gasteiger partial charge in [0.15, 0.2) is 0 Å². The second-order valence-electron chi connectivity index (χ2n) is 0.0833. The van der Waals surface area contributed by atoms with Gasteiger partial charge in [0, 0.05) is 0 Å². The molecule has 0 aliphatic carbocycles. The van der Waals surface area contributed by atoms with E-state index in [0.717, 1.165) is 0 Å². The average Bonchev–Trinajstić information content (AvgIpc) is 0.918. The molecule has 0 fully saturated rings. The van der Waals surface area contributed by atoms with Crippen LogP contribution in [0.2, 0.25) is 0 Å². The Morgan fingerprint density at radius 1 is 0.833 bits per heavy atom. The number of rotatable bonds is 0. The van der Waals surface area contributed by atoms with E-state index in [0.29, 0.717) is 0 Å². The molecule has 0 heterocycles. The third kappa shape index (κ3) is 49.8. The normalized spacial score (nSPS) is 1.33. The molecule has 40 valence electrons. The molecule has 0 rings (SSSR count). The van der Waals surface area contributed by atoms with E-state index >= 15 is 0 Å². The first-order valence-electron chi connectivity index (χ1n) is 0.408. The van der Waals surface area contributed by atoms with Crippen LogP contribution in [-0.4, -0.2) is 6.15 Å². The summed E-state index contributed by atoms with van der Waals surface area (Å²) >= 11 is 0. The zero-order chi connectivity index (χ0) is 2.71. The van der Waals surface area contributed by atoms with Gasteiger partial charge in [-0.3, -0.25) is 0 Å². The molecule has 0 atom stereocenters. The lowest BCUT2D eigenvalue weighted by Crippen LogP contribution is -1.22. The molecule has 0 spiro atoms. The lowest BCUT2D eigenvalue weighted by molar-refractivity contribution is -0.191.